The van der Waals surface area contributed by atoms with Crippen molar-refractivity contribution in [2.24, 2.45) is 0 Å². The molecular formula is C23H31N3O3S. The SMILES string of the molecule is CCN(C)C(=O)N1CCC[C@@H](NS(C)(=O)=O)[C@H]1Cc1cccc(-c2ccccc2)c1. The number of nitrogens with one attached hydrogen (secondary N) is 1. The second-order valence-corrected chi connectivity index (χ2v) is 9.75. The molecule has 1 aliphatic rings. The average molecular weight is 430 g/mol. The van der Waals surface area contributed by atoms with E-state index in [1.165, 1.54) is 6.26 Å². The maximum atomic E-state index is 13.0. The molecular weight excluding hydrogens is 398 g/mol. The lowest BCUT2D eigenvalue weighted by Crippen LogP contribution is -2.59. The second-order valence-electron chi connectivity index (χ2n) is 7.97. The third kappa shape index (κ3) is 5.61. The highest BCUT2D eigenvalue weighted by Crippen LogP contribution is 2.26. The summed E-state index contributed by atoms with van der Waals surface area (Å²) in [5.74, 6) is 0. The Morgan fingerprint density at radius 1 is 1.13 bits per heavy atom. The molecule has 0 spiro atoms. The Kier molecular flexibility index (Phi) is 7.15. The van der Waals surface area contributed by atoms with Crippen LogP contribution in [0.15, 0.2) is 54.6 Å². The zero-order chi connectivity index (χ0) is 21.7. The first-order valence-corrected chi connectivity index (χ1v) is 12.3. The molecule has 0 unspecified atom stereocenters. The van der Waals surface area contributed by atoms with Crippen LogP contribution in [-0.2, 0) is 16.4 Å². The Balaban J connectivity index is 1.91. The summed E-state index contributed by atoms with van der Waals surface area (Å²) in [4.78, 5) is 16.5. The molecule has 1 fully saturated rings. The van der Waals surface area contributed by atoms with Gasteiger partial charge in [-0.15, -0.1) is 0 Å². The second kappa shape index (κ2) is 9.62. The van der Waals surface area contributed by atoms with Crippen LogP contribution in [0.4, 0.5) is 4.79 Å². The summed E-state index contributed by atoms with van der Waals surface area (Å²) in [5, 5.41) is 0. The summed E-state index contributed by atoms with van der Waals surface area (Å²) in [7, 11) is -1.60. The molecule has 1 heterocycles. The van der Waals surface area contributed by atoms with E-state index in [-0.39, 0.29) is 18.1 Å². The van der Waals surface area contributed by atoms with Crippen LogP contribution < -0.4 is 4.72 Å². The molecule has 0 saturated carbocycles. The monoisotopic (exact) mass is 429 g/mol. The topological polar surface area (TPSA) is 69.7 Å². The average Bonchev–Trinajstić information content (AvgIpc) is 2.73. The molecule has 1 N–H and O–H groups in total. The van der Waals surface area contributed by atoms with Crippen LogP contribution in [-0.4, -0.2) is 62.7 Å². The number of hydrogen-bond donors (Lipinski definition) is 1. The van der Waals surface area contributed by atoms with E-state index in [1.54, 1.807) is 11.9 Å². The van der Waals surface area contributed by atoms with Crippen LogP contribution in [0.2, 0.25) is 0 Å². The number of hydrogen-bond acceptors (Lipinski definition) is 3. The van der Waals surface area contributed by atoms with Crippen molar-refractivity contribution in [3.05, 3.63) is 60.2 Å². The molecule has 1 saturated heterocycles. The first-order chi connectivity index (χ1) is 14.3. The largest absolute Gasteiger partial charge is 0.328 e. The van der Waals surface area contributed by atoms with Gasteiger partial charge in [-0.25, -0.2) is 17.9 Å². The summed E-state index contributed by atoms with van der Waals surface area (Å²) >= 11 is 0. The van der Waals surface area contributed by atoms with Gasteiger partial charge in [-0.1, -0.05) is 54.6 Å². The minimum atomic E-state index is -3.38. The summed E-state index contributed by atoms with van der Waals surface area (Å²) in [5.41, 5.74) is 3.33. The lowest BCUT2D eigenvalue weighted by Gasteiger charge is -2.43. The number of nitrogens with zero attached hydrogens (tertiary/aromatic N) is 2. The Hall–Kier alpha value is -2.38. The van der Waals surface area contributed by atoms with Gasteiger partial charge in [0.25, 0.3) is 0 Å². The van der Waals surface area contributed by atoms with Gasteiger partial charge in [0.15, 0.2) is 0 Å². The third-order valence-corrected chi connectivity index (χ3v) is 6.40. The Morgan fingerprint density at radius 2 is 1.83 bits per heavy atom. The van der Waals surface area contributed by atoms with Gasteiger partial charge in [0, 0.05) is 26.2 Å². The summed E-state index contributed by atoms with van der Waals surface area (Å²) in [6.07, 6.45) is 3.27. The normalized spacial score (nSPS) is 19.5. The van der Waals surface area contributed by atoms with E-state index >= 15 is 0 Å². The first-order valence-electron chi connectivity index (χ1n) is 10.4. The van der Waals surface area contributed by atoms with Crippen molar-refractivity contribution in [1.29, 1.82) is 0 Å². The maximum absolute atomic E-state index is 13.0. The van der Waals surface area contributed by atoms with Crippen molar-refractivity contribution in [1.82, 2.24) is 14.5 Å². The molecule has 7 heteroatoms. The number of sulfonamides is 1. The predicted molar refractivity (Wildman–Crippen MR) is 121 cm³/mol. The van der Waals surface area contributed by atoms with Gasteiger partial charge in [0.1, 0.15) is 0 Å². The molecule has 0 bridgehead atoms. The fourth-order valence-corrected chi connectivity index (χ4v) is 4.89. The van der Waals surface area contributed by atoms with Crippen molar-refractivity contribution in [2.45, 2.75) is 38.3 Å². The number of rotatable bonds is 6. The minimum absolute atomic E-state index is 0.0540. The van der Waals surface area contributed by atoms with E-state index in [4.69, 9.17) is 0 Å². The third-order valence-electron chi connectivity index (χ3n) is 5.67. The molecule has 2 atom stereocenters. The van der Waals surface area contributed by atoms with Crippen molar-refractivity contribution in [3.8, 4) is 11.1 Å². The first kappa shape index (κ1) is 22.3. The van der Waals surface area contributed by atoms with E-state index in [2.05, 4.69) is 29.0 Å². The van der Waals surface area contributed by atoms with Crippen molar-refractivity contribution >= 4 is 16.1 Å². The number of benzene rings is 2. The number of carbonyl (C=O) groups is 1. The fraction of sp³-hybridized carbons (Fsp3) is 0.435. The summed E-state index contributed by atoms with van der Waals surface area (Å²) in [6.45, 7) is 3.18. The summed E-state index contributed by atoms with van der Waals surface area (Å²) < 4.78 is 26.7. The van der Waals surface area contributed by atoms with Crippen LogP contribution in [0.3, 0.4) is 0 Å². The van der Waals surface area contributed by atoms with Gasteiger partial charge in [0.05, 0.1) is 12.3 Å². The van der Waals surface area contributed by atoms with Crippen molar-refractivity contribution in [2.75, 3.05) is 26.4 Å². The van der Waals surface area contributed by atoms with Gasteiger partial charge >= 0.3 is 6.03 Å². The molecule has 2 amide bonds. The van der Waals surface area contributed by atoms with Crippen molar-refractivity contribution in [3.63, 3.8) is 0 Å². The maximum Gasteiger partial charge on any atom is 0.320 e. The number of piperidine rings is 1. The van der Waals surface area contributed by atoms with Gasteiger partial charge in [0.2, 0.25) is 10.0 Å². The molecule has 0 aromatic heterocycles. The van der Waals surface area contributed by atoms with E-state index in [1.807, 2.05) is 42.2 Å². The number of likely N-dealkylation sites (tertiary alicyclic amines) is 1. The van der Waals surface area contributed by atoms with Gasteiger partial charge < -0.3 is 9.80 Å². The van der Waals surface area contributed by atoms with Crippen LogP contribution >= 0.6 is 0 Å². The van der Waals surface area contributed by atoms with Crippen LogP contribution in [0.5, 0.6) is 0 Å². The highest BCUT2D eigenvalue weighted by Gasteiger charge is 2.36. The summed E-state index contributed by atoms with van der Waals surface area (Å²) in [6, 6.07) is 17.8. The zero-order valence-corrected chi connectivity index (χ0v) is 18.7. The lowest BCUT2D eigenvalue weighted by atomic mass is 9.90. The Morgan fingerprint density at radius 3 is 2.50 bits per heavy atom. The van der Waals surface area contributed by atoms with Gasteiger partial charge in [-0.3, -0.25) is 0 Å². The molecule has 1 aliphatic heterocycles. The van der Waals surface area contributed by atoms with E-state index < -0.39 is 10.0 Å². The smallest absolute Gasteiger partial charge is 0.320 e. The molecule has 2 aromatic carbocycles. The molecule has 2 aromatic rings. The molecule has 6 nitrogen and oxygen atoms in total. The number of urea groups is 1. The van der Waals surface area contributed by atoms with Gasteiger partial charge in [-0.2, -0.15) is 0 Å². The lowest BCUT2D eigenvalue weighted by molar-refractivity contribution is 0.110. The Bertz CT molecular complexity index is 963. The fourth-order valence-electron chi connectivity index (χ4n) is 4.06. The number of carbonyl (C=O) groups excluding carboxylic acids is 1. The standard InChI is InChI=1S/C23H31N3O3S/c1-4-25(2)23(27)26-15-9-14-21(24-30(3,28)29)22(26)17-18-10-8-13-20(16-18)19-11-6-5-7-12-19/h5-8,10-13,16,21-22,24H,4,9,14-15,17H2,1-3H3/t21-,22-/m1/s1. The molecule has 162 valence electrons. The van der Waals surface area contributed by atoms with Gasteiger partial charge in [-0.05, 0) is 42.9 Å². The van der Waals surface area contributed by atoms with Crippen molar-refractivity contribution < 1.29 is 13.2 Å². The quantitative estimate of drug-likeness (QED) is 0.766. The highest BCUT2D eigenvalue weighted by atomic mass is 32.2. The zero-order valence-electron chi connectivity index (χ0n) is 17.9. The molecule has 30 heavy (non-hydrogen) atoms. The highest BCUT2D eigenvalue weighted by molar-refractivity contribution is 7.88. The molecule has 0 radical (unpaired) electrons. The van der Waals surface area contributed by atoms with Crippen LogP contribution in [0.1, 0.15) is 25.3 Å². The Labute approximate surface area is 179 Å². The van der Waals surface area contributed by atoms with E-state index in [0.717, 1.165) is 29.5 Å². The number of amides is 2. The predicted octanol–water partition coefficient (Wildman–Crippen LogP) is 3.35. The van der Waals surface area contributed by atoms with E-state index in [9.17, 15) is 13.2 Å². The van der Waals surface area contributed by atoms with Crippen LogP contribution in [0.25, 0.3) is 11.1 Å². The molecule has 0 aliphatic carbocycles. The van der Waals surface area contributed by atoms with Crippen LogP contribution in [0, 0.1) is 0 Å². The minimum Gasteiger partial charge on any atom is -0.328 e. The van der Waals surface area contributed by atoms with E-state index in [0.29, 0.717) is 19.5 Å². The molecule has 3 rings (SSSR count).